The molecule has 0 amide bonds. The van der Waals surface area contributed by atoms with Crippen LogP contribution in [0.15, 0.2) is 35.4 Å². The van der Waals surface area contributed by atoms with Crippen molar-refractivity contribution in [2.24, 2.45) is 0 Å². The van der Waals surface area contributed by atoms with Crippen molar-refractivity contribution in [2.75, 3.05) is 7.05 Å². The molecule has 0 aliphatic carbocycles. The SMILES string of the molecule is CNC(Cn1ccn(C(C)C)c1=O)c1ccc(C)cc1C. The van der Waals surface area contributed by atoms with Crippen LogP contribution in [0.4, 0.5) is 0 Å². The van der Waals surface area contributed by atoms with Crippen molar-refractivity contribution in [3.8, 4) is 0 Å². The molecule has 114 valence electrons. The number of hydrogen-bond donors (Lipinski definition) is 1. The van der Waals surface area contributed by atoms with E-state index in [9.17, 15) is 4.79 Å². The van der Waals surface area contributed by atoms with Gasteiger partial charge in [0.05, 0.1) is 6.04 Å². The third-order valence-electron chi connectivity index (χ3n) is 3.96. The van der Waals surface area contributed by atoms with Gasteiger partial charge < -0.3 is 5.32 Å². The number of aryl methyl sites for hydroxylation is 2. The molecule has 1 heterocycles. The second kappa shape index (κ2) is 6.31. The molecule has 1 unspecified atom stereocenters. The van der Waals surface area contributed by atoms with Crippen LogP contribution in [0.1, 0.15) is 42.6 Å². The molecule has 0 radical (unpaired) electrons. The molecule has 1 aromatic heterocycles. The Morgan fingerprint density at radius 1 is 1.19 bits per heavy atom. The van der Waals surface area contributed by atoms with Crippen molar-refractivity contribution in [2.45, 2.75) is 46.3 Å². The van der Waals surface area contributed by atoms with E-state index in [1.54, 1.807) is 9.13 Å². The van der Waals surface area contributed by atoms with E-state index in [4.69, 9.17) is 0 Å². The van der Waals surface area contributed by atoms with Crippen molar-refractivity contribution >= 4 is 0 Å². The Morgan fingerprint density at radius 2 is 1.90 bits per heavy atom. The van der Waals surface area contributed by atoms with Crippen molar-refractivity contribution in [1.82, 2.24) is 14.5 Å². The summed E-state index contributed by atoms with van der Waals surface area (Å²) < 4.78 is 3.54. The number of nitrogens with one attached hydrogen (secondary N) is 1. The molecule has 4 heteroatoms. The Bertz CT molecular complexity index is 667. The molecule has 2 aromatic rings. The first-order valence-electron chi connectivity index (χ1n) is 7.45. The third-order valence-corrected chi connectivity index (χ3v) is 3.96. The van der Waals surface area contributed by atoms with Crippen LogP contribution < -0.4 is 11.0 Å². The Hall–Kier alpha value is -1.81. The summed E-state index contributed by atoms with van der Waals surface area (Å²) in [6.45, 7) is 8.89. The number of likely N-dealkylation sites (N-methyl/N-ethyl adjacent to an activating group) is 1. The van der Waals surface area contributed by atoms with Crippen molar-refractivity contribution in [3.05, 3.63) is 57.8 Å². The van der Waals surface area contributed by atoms with Gasteiger partial charge in [0.1, 0.15) is 0 Å². The number of imidazole rings is 1. The summed E-state index contributed by atoms with van der Waals surface area (Å²) >= 11 is 0. The monoisotopic (exact) mass is 287 g/mol. The number of nitrogens with zero attached hydrogens (tertiary/aromatic N) is 2. The molecular formula is C17H25N3O. The van der Waals surface area contributed by atoms with Gasteiger partial charge in [-0.15, -0.1) is 0 Å². The molecule has 0 aliphatic heterocycles. The summed E-state index contributed by atoms with van der Waals surface area (Å²) in [5.74, 6) is 0. The molecule has 0 fully saturated rings. The van der Waals surface area contributed by atoms with Gasteiger partial charge in [0.25, 0.3) is 0 Å². The zero-order valence-corrected chi connectivity index (χ0v) is 13.6. The van der Waals surface area contributed by atoms with E-state index in [0.29, 0.717) is 6.54 Å². The lowest BCUT2D eigenvalue weighted by molar-refractivity contribution is 0.474. The quantitative estimate of drug-likeness (QED) is 0.918. The van der Waals surface area contributed by atoms with Gasteiger partial charge in [0.15, 0.2) is 0 Å². The summed E-state index contributed by atoms with van der Waals surface area (Å²) in [7, 11) is 1.94. The maximum atomic E-state index is 12.3. The maximum Gasteiger partial charge on any atom is 0.328 e. The molecular weight excluding hydrogens is 262 g/mol. The fourth-order valence-corrected chi connectivity index (χ4v) is 2.72. The Labute approximate surface area is 126 Å². The number of rotatable bonds is 5. The van der Waals surface area contributed by atoms with Gasteiger partial charge in [0, 0.05) is 25.0 Å². The van der Waals surface area contributed by atoms with E-state index in [1.165, 1.54) is 16.7 Å². The predicted molar refractivity (Wildman–Crippen MR) is 86.8 cm³/mol. The molecule has 0 spiro atoms. The van der Waals surface area contributed by atoms with Crippen LogP contribution in [0.2, 0.25) is 0 Å². The first-order chi connectivity index (χ1) is 9.93. The molecule has 1 aromatic carbocycles. The Kier molecular flexibility index (Phi) is 4.68. The van der Waals surface area contributed by atoms with E-state index in [1.807, 2.05) is 33.3 Å². The van der Waals surface area contributed by atoms with Crippen LogP contribution in [0.5, 0.6) is 0 Å². The molecule has 21 heavy (non-hydrogen) atoms. The second-order valence-corrected chi connectivity index (χ2v) is 5.94. The minimum absolute atomic E-state index is 0.0509. The van der Waals surface area contributed by atoms with Crippen LogP contribution in [0.3, 0.4) is 0 Å². The van der Waals surface area contributed by atoms with Gasteiger partial charge >= 0.3 is 5.69 Å². The average Bonchev–Trinajstić information content (AvgIpc) is 2.78. The molecule has 4 nitrogen and oxygen atoms in total. The lowest BCUT2D eigenvalue weighted by Gasteiger charge is -2.19. The minimum atomic E-state index is 0.0509. The highest BCUT2D eigenvalue weighted by atomic mass is 16.1. The van der Waals surface area contributed by atoms with E-state index >= 15 is 0 Å². The molecule has 0 saturated carbocycles. The molecule has 0 bridgehead atoms. The van der Waals surface area contributed by atoms with E-state index in [0.717, 1.165) is 0 Å². The van der Waals surface area contributed by atoms with Crippen LogP contribution in [0.25, 0.3) is 0 Å². The summed E-state index contributed by atoms with van der Waals surface area (Å²) in [5.41, 5.74) is 3.81. The standard InChI is InChI=1S/C17H25N3O/c1-12(2)20-9-8-19(17(20)21)11-16(18-5)15-7-6-13(3)10-14(15)4/h6-10,12,16,18H,11H2,1-5H3. The topological polar surface area (TPSA) is 39.0 Å². The van der Waals surface area contributed by atoms with Crippen LogP contribution in [-0.2, 0) is 6.54 Å². The fourth-order valence-electron chi connectivity index (χ4n) is 2.72. The van der Waals surface area contributed by atoms with Crippen LogP contribution >= 0.6 is 0 Å². The smallest absolute Gasteiger partial charge is 0.312 e. The summed E-state index contributed by atoms with van der Waals surface area (Å²) in [6.07, 6.45) is 3.73. The van der Waals surface area contributed by atoms with Crippen LogP contribution in [-0.4, -0.2) is 16.2 Å². The highest BCUT2D eigenvalue weighted by Gasteiger charge is 2.15. The zero-order valence-electron chi connectivity index (χ0n) is 13.6. The maximum absolute atomic E-state index is 12.3. The van der Waals surface area contributed by atoms with Crippen LogP contribution in [0, 0.1) is 13.8 Å². The van der Waals surface area contributed by atoms with Gasteiger partial charge in [-0.2, -0.15) is 0 Å². The summed E-state index contributed by atoms with van der Waals surface area (Å²) in [4.78, 5) is 12.3. The van der Waals surface area contributed by atoms with Gasteiger partial charge in [-0.3, -0.25) is 9.13 Å². The van der Waals surface area contributed by atoms with E-state index in [-0.39, 0.29) is 17.8 Å². The second-order valence-electron chi connectivity index (χ2n) is 5.94. The van der Waals surface area contributed by atoms with Gasteiger partial charge in [-0.1, -0.05) is 23.8 Å². The van der Waals surface area contributed by atoms with Gasteiger partial charge in [0.2, 0.25) is 0 Å². The normalized spacial score (nSPS) is 12.9. The van der Waals surface area contributed by atoms with Gasteiger partial charge in [-0.25, -0.2) is 4.79 Å². The van der Waals surface area contributed by atoms with E-state index < -0.39 is 0 Å². The highest BCUT2D eigenvalue weighted by Crippen LogP contribution is 2.20. The third kappa shape index (κ3) is 3.27. The highest BCUT2D eigenvalue weighted by molar-refractivity contribution is 5.32. The van der Waals surface area contributed by atoms with E-state index in [2.05, 4.69) is 37.4 Å². The molecule has 0 aliphatic rings. The zero-order chi connectivity index (χ0) is 15.6. The molecule has 2 rings (SSSR count). The first kappa shape index (κ1) is 15.6. The Balaban J connectivity index is 2.29. The first-order valence-corrected chi connectivity index (χ1v) is 7.45. The fraction of sp³-hybridized carbons (Fsp3) is 0.471. The lowest BCUT2D eigenvalue weighted by atomic mass is 9.99. The van der Waals surface area contributed by atoms with Gasteiger partial charge in [-0.05, 0) is 45.9 Å². The predicted octanol–water partition coefficient (Wildman–Crippen LogP) is 2.81. The summed E-state index contributed by atoms with van der Waals surface area (Å²) in [5, 5.41) is 3.32. The largest absolute Gasteiger partial charge is 0.328 e. The lowest BCUT2D eigenvalue weighted by Crippen LogP contribution is -2.30. The number of aromatic nitrogens is 2. The number of benzene rings is 1. The van der Waals surface area contributed by atoms with Crippen molar-refractivity contribution in [1.29, 1.82) is 0 Å². The van der Waals surface area contributed by atoms with Crippen molar-refractivity contribution < 1.29 is 0 Å². The Morgan fingerprint density at radius 3 is 2.43 bits per heavy atom. The minimum Gasteiger partial charge on any atom is -0.312 e. The molecule has 1 atom stereocenters. The van der Waals surface area contributed by atoms with Crippen molar-refractivity contribution in [3.63, 3.8) is 0 Å². The molecule has 0 saturated heterocycles. The number of hydrogen-bond acceptors (Lipinski definition) is 2. The molecule has 1 N–H and O–H groups in total. The average molecular weight is 287 g/mol. The summed E-state index contributed by atoms with van der Waals surface area (Å²) in [6, 6.07) is 6.77.